The third kappa shape index (κ3) is 6.35. The van der Waals surface area contributed by atoms with Gasteiger partial charge in [0.2, 0.25) is 0 Å². The highest BCUT2D eigenvalue weighted by Crippen LogP contribution is 2.40. The third-order valence-electron chi connectivity index (χ3n) is 8.30. The molecule has 3 N–H and O–H groups in total. The Morgan fingerprint density at radius 3 is 2.44 bits per heavy atom. The van der Waals surface area contributed by atoms with E-state index in [-0.39, 0.29) is 12.1 Å². The Morgan fingerprint density at radius 1 is 1.10 bits per heavy atom. The predicted octanol–water partition coefficient (Wildman–Crippen LogP) is 5.40. The number of hydrogen-bond donors (Lipinski definition) is 2. The zero-order valence-corrected chi connectivity index (χ0v) is 25.0. The maximum atomic E-state index is 6.03. The Labute approximate surface area is 236 Å². The van der Waals surface area contributed by atoms with Crippen LogP contribution in [0.15, 0.2) is 54.9 Å². The Hall–Kier alpha value is -3.19. The Bertz CT molecular complexity index is 1130. The molecule has 39 heavy (non-hydrogen) atoms. The van der Waals surface area contributed by atoms with E-state index in [0.29, 0.717) is 0 Å². The molecule has 0 saturated carbocycles. The number of piperazine rings is 1. The van der Waals surface area contributed by atoms with Crippen LogP contribution in [0, 0.1) is 5.92 Å². The Balaban J connectivity index is 0.00000172. The summed E-state index contributed by atoms with van der Waals surface area (Å²) in [5.74, 6) is 1.82. The summed E-state index contributed by atoms with van der Waals surface area (Å²) in [6, 6.07) is 11.3. The first-order valence-corrected chi connectivity index (χ1v) is 14.8. The van der Waals surface area contributed by atoms with Gasteiger partial charge >= 0.3 is 0 Å². The van der Waals surface area contributed by atoms with Gasteiger partial charge in [0.15, 0.2) is 0 Å². The molecular weight excluding hydrogens is 482 g/mol. The van der Waals surface area contributed by atoms with Crippen molar-refractivity contribution in [3.05, 3.63) is 66.0 Å². The standard InChI is InChI=1S/C30H43N7.C2H6/c1-6-23-11-12-37(20-23)29-18-27(33-28-17-25(34(4)5)8-9-26(28)29)24-7-10-30(32-19-24)36-15-13-35(14-16-36)22(3)21(2)31;1-2/h7-10,17-19,21,23,27,33H,3,6,11-16,20,31H2,1-2,4-5H3;1-2H3. The van der Waals surface area contributed by atoms with Crippen LogP contribution in [0.5, 0.6) is 0 Å². The number of rotatable bonds is 7. The highest BCUT2D eigenvalue weighted by molar-refractivity contribution is 5.82. The van der Waals surface area contributed by atoms with Crippen molar-refractivity contribution >= 4 is 22.9 Å². The number of benzene rings is 1. The fourth-order valence-electron chi connectivity index (χ4n) is 5.73. The molecule has 0 amide bonds. The normalized spacial score (nSPS) is 21.3. The average Bonchev–Trinajstić information content (AvgIpc) is 3.46. The summed E-state index contributed by atoms with van der Waals surface area (Å²) < 4.78 is 0. The van der Waals surface area contributed by atoms with Gasteiger partial charge in [-0.05, 0) is 55.2 Å². The molecule has 1 aromatic heterocycles. The van der Waals surface area contributed by atoms with Gasteiger partial charge in [-0.15, -0.1) is 0 Å². The van der Waals surface area contributed by atoms with Crippen LogP contribution in [0.25, 0.3) is 5.70 Å². The zero-order valence-electron chi connectivity index (χ0n) is 25.0. The molecule has 3 atom stereocenters. The SMILES string of the molecule is C=C(C(C)N)N1CCN(c2ccc(C3C=C(N4CCC(CC)C4)c4ccc(N(C)C)cc4N3)cn2)CC1.CC. The molecule has 7 heteroatoms. The van der Waals surface area contributed by atoms with Crippen molar-refractivity contribution in [1.29, 1.82) is 0 Å². The maximum absolute atomic E-state index is 6.03. The molecule has 7 nitrogen and oxygen atoms in total. The molecule has 2 aromatic rings. The van der Waals surface area contributed by atoms with E-state index in [1.54, 1.807) is 0 Å². The Morgan fingerprint density at radius 2 is 1.85 bits per heavy atom. The molecule has 3 unspecified atom stereocenters. The van der Waals surface area contributed by atoms with Gasteiger partial charge in [-0.25, -0.2) is 4.98 Å². The van der Waals surface area contributed by atoms with Crippen molar-refractivity contribution < 1.29 is 0 Å². The van der Waals surface area contributed by atoms with Gasteiger partial charge in [0.1, 0.15) is 5.82 Å². The monoisotopic (exact) mass is 531 g/mol. The van der Waals surface area contributed by atoms with Crippen molar-refractivity contribution in [2.24, 2.45) is 11.7 Å². The molecule has 5 rings (SSSR count). The van der Waals surface area contributed by atoms with E-state index in [0.717, 1.165) is 56.7 Å². The van der Waals surface area contributed by atoms with Gasteiger partial charge in [-0.3, -0.25) is 0 Å². The molecule has 2 fully saturated rings. The van der Waals surface area contributed by atoms with E-state index in [2.05, 4.69) is 88.9 Å². The molecular formula is C32H49N7. The number of hydrogen-bond acceptors (Lipinski definition) is 7. The molecule has 0 radical (unpaired) electrons. The van der Waals surface area contributed by atoms with E-state index in [1.165, 1.54) is 41.0 Å². The quantitative estimate of drug-likeness (QED) is 0.496. The second-order valence-corrected chi connectivity index (χ2v) is 11.0. The molecule has 3 aliphatic rings. The topological polar surface area (TPSA) is 63.9 Å². The maximum Gasteiger partial charge on any atom is 0.128 e. The smallest absolute Gasteiger partial charge is 0.128 e. The second kappa shape index (κ2) is 12.8. The van der Waals surface area contributed by atoms with Crippen LogP contribution in [-0.2, 0) is 0 Å². The number of likely N-dealkylation sites (tertiary alicyclic amines) is 1. The lowest BCUT2D eigenvalue weighted by atomic mass is 9.96. The minimum atomic E-state index is -0.00255. The van der Waals surface area contributed by atoms with Crippen LogP contribution in [0.3, 0.4) is 0 Å². The van der Waals surface area contributed by atoms with E-state index in [4.69, 9.17) is 10.7 Å². The van der Waals surface area contributed by atoms with Crippen LogP contribution in [0.2, 0.25) is 0 Å². The lowest BCUT2D eigenvalue weighted by molar-refractivity contribution is 0.306. The summed E-state index contributed by atoms with van der Waals surface area (Å²) in [7, 11) is 4.19. The molecule has 2 saturated heterocycles. The van der Waals surface area contributed by atoms with Gasteiger partial charge in [-0.2, -0.15) is 0 Å². The minimum Gasteiger partial charge on any atom is -0.378 e. The Kier molecular flexibility index (Phi) is 9.44. The summed E-state index contributed by atoms with van der Waals surface area (Å²) in [6.45, 7) is 18.5. The van der Waals surface area contributed by atoms with Crippen molar-refractivity contribution in [1.82, 2.24) is 14.8 Å². The number of aromatic nitrogens is 1. The number of nitrogens with zero attached hydrogens (tertiary/aromatic N) is 5. The van der Waals surface area contributed by atoms with E-state index in [9.17, 15) is 0 Å². The fourth-order valence-corrected chi connectivity index (χ4v) is 5.73. The average molecular weight is 532 g/mol. The highest BCUT2D eigenvalue weighted by atomic mass is 15.3. The van der Waals surface area contributed by atoms with Crippen LogP contribution in [-0.4, -0.2) is 74.2 Å². The first-order valence-electron chi connectivity index (χ1n) is 14.8. The van der Waals surface area contributed by atoms with Gasteiger partial charge in [0, 0.05) is 93.9 Å². The largest absolute Gasteiger partial charge is 0.378 e. The van der Waals surface area contributed by atoms with Crippen LogP contribution in [0.4, 0.5) is 17.2 Å². The summed E-state index contributed by atoms with van der Waals surface area (Å²) in [5.41, 5.74) is 13.3. The van der Waals surface area contributed by atoms with Crippen molar-refractivity contribution in [2.45, 2.75) is 52.6 Å². The zero-order chi connectivity index (χ0) is 28.1. The first-order chi connectivity index (χ1) is 18.8. The van der Waals surface area contributed by atoms with E-state index < -0.39 is 0 Å². The van der Waals surface area contributed by atoms with Crippen molar-refractivity contribution in [3.63, 3.8) is 0 Å². The van der Waals surface area contributed by atoms with Gasteiger partial charge in [-0.1, -0.05) is 39.8 Å². The summed E-state index contributed by atoms with van der Waals surface area (Å²) in [6.07, 6.45) is 6.98. The van der Waals surface area contributed by atoms with Gasteiger partial charge < -0.3 is 30.7 Å². The molecule has 0 aliphatic carbocycles. The number of anilines is 3. The lowest BCUT2D eigenvalue weighted by Crippen LogP contribution is -2.48. The minimum absolute atomic E-state index is 0.00255. The van der Waals surface area contributed by atoms with Crippen LogP contribution < -0.4 is 20.9 Å². The fraction of sp³-hybridized carbons (Fsp3) is 0.531. The van der Waals surface area contributed by atoms with Gasteiger partial charge in [0.25, 0.3) is 0 Å². The van der Waals surface area contributed by atoms with Crippen LogP contribution in [0.1, 0.15) is 57.7 Å². The van der Waals surface area contributed by atoms with Crippen molar-refractivity contribution in [2.75, 3.05) is 68.5 Å². The molecule has 0 bridgehead atoms. The lowest BCUT2D eigenvalue weighted by Gasteiger charge is -2.38. The van der Waals surface area contributed by atoms with E-state index >= 15 is 0 Å². The number of pyridine rings is 1. The predicted molar refractivity (Wildman–Crippen MR) is 167 cm³/mol. The summed E-state index contributed by atoms with van der Waals surface area (Å²) in [4.78, 5) is 14.3. The van der Waals surface area contributed by atoms with Crippen molar-refractivity contribution in [3.8, 4) is 0 Å². The first kappa shape index (κ1) is 28.8. The number of nitrogens with two attached hydrogens (primary N) is 1. The molecule has 1 aromatic carbocycles. The molecule has 3 aliphatic heterocycles. The summed E-state index contributed by atoms with van der Waals surface area (Å²) >= 11 is 0. The molecule has 4 heterocycles. The molecule has 212 valence electrons. The summed E-state index contributed by atoms with van der Waals surface area (Å²) in [5, 5.41) is 3.80. The van der Waals surface area contributed by atoms with Gasteiger partial charge in [0.05, 0.1) is 6.04 Å². The molecule has 0 spiro atoms. The number of nitrogens with one attached hydrogen (secondary N) is 1. The number of fused-ring (bicyclic) bond motifs is 1. The highest BCUT2D eigenvalue weighted by Gasteiger charge is 2.29. The second-order valence-electron chi connectivity index (χ2n) is 11.0. The van der Waals surface area contributed by atoms with Crippen LogP contribution >= 0.6 is 0 Å². The third-order valence-corrected chi connectivity index (χ3v) is 8.30. The van der Waals surface area contributed by atoms with E-state index in [1.807, 2.05) is 27.0 Å².